The number of halogens is 1. The first-order valence-corrected chi connectivity index (χ1v) is 10.7. The molecule has 1 fully saturated rings. The first kappa shape index (κ1) is 26.1. The molecule has 0 aliphatic carbocycles. The van der Waals surface area contributed by atoms with Crippen LogP contribution in [0.25, 0.3) is 0 Å². The van der Waals surface area contributed by atoms with Gasteiger partial charge in [-0.05, 0) is 38.2 Å². The van der Waals surface area contributed by atoms with E-state index in [1.54, 1.807) is 0 Å². The molecule has 1 saturated heterocycles. The fourth-order valence-electron chi connectivity index (χ4n) is 2.96. The lowest BCUT2D eigenvalue weighted by Gasteiger charge is -2.12. The second-order valence-electron chi connectivity index (χ2n) is 7.09. The summed E-state index contributed by atoms with van der Waals surface area (Å²) in [5.41, 5.74) is 1.22. The highest BCUT2D eigenvalue weighted by molar-refractivity contribution is 14.0. The lowest BCUT2D eigenvalue weighted by molar-refractivity contribution is 0.0893. The van der Waals surface area contributed by atoms with Crippen LogP contribution in [0, 0.1) is 5.92 Å². The number of unbranched alkanes of at least 4 members (excludes halogenated alkanes) is 1. The van der Waals surface area contributed by atoms with Crippen LogP contribution >= 0.6 is 24.0 Å². The van der Waals surface area contributed by atoms with E-state index in [0.717, 1.165) is 84.3 Å². The molecule has 2 N–H and O–H groups in total. The first-order chi connectivity index (χ1) is 13.9. The molecule has 0 spiro atoms. The van der Waals surface area contributed by atoms with Crippen molar-refractivity contribution in [3.8, 4) is 0 Å². The molecule has 1 aliphatic heterocycles. The number of hydrogen-bond donors (Lipinski definition) is 2. The van der Waals surface area contributed by atoms with Gasteiger partial charge in [0.2, 0.25) is 0 Å². The Kier molecular flexibility index (Phi) is 16.1. The molecular weight excluding hydrogens is 481 g/mol. The minimum absolute atomic E-state index is 0. The Hall–Kier alpha value is -0.900. The molecule has 2 rings (SSSR count). The van der Waals surface area contributed by atoms with Gasteiger partial charge in [0.25, 0.3) is 0 Å². The average molecular weight is 519 g/mol. The van der Waals surface area contributed by atoms with Crippen molar-refractivity contribution in [3.05, 3.63) is 35.9 Å². The fourth-order valence-corrected chi connectivity index (χ4v) is 2.96. The van der Waals surface area contributed by atoms with Gasteiger partial charge in [-0.15, -0.1) is 24.0 Å². The molecule has 7 heteroatoms. The minimum Gasteiger partial charge on any atom is -0.381 e. The Labute approximate surface area is 193 Å². The molecule has 1 unspecified atom stereocenters. The first-order valence-electron chi connectivity index (χ1n) is 10.7. The van der Waals surface area contributed by atoms with Crippen LogP contribution in [0.2, 0.25) is 0 Å². The zero-order valence-corrected chi connectivity index (χ0v) is 20.1. The van der Waals surface area contributed by atoms with Crippen molar-refractivity contribution in [2.24, 2.45) is 10.9 Å². The molecule has 166 valence electrons. The lowest BCUT2D eigenvalue weighted by Crippen LogP contribution is -2.38. The third kappa shape index (κ3) is 13.1. The molecular formula is C22H38IN3O3. The summed E-state index contributed by atoms with van der Waals surface area (Å²) in [6.07, 6.45) is 4.17. The van der Waals surface area contributed by atoms with Crippen molar-refractivity contribution < 1.29 is 14.2 Å². The molecule has 1 heterocycles. The topological polar surface area (TPSA) is 64.1 Å². The predicted octanol–water partition coefficient (Wildman–Crippen LogP) is 3.60. The van der Waals surface area contributed by atoms with Gasteiger partial charge in [-0.3, -0.25) is 4.99 Å². The molecule has 0 aromatic heterocycles. The maximum absolute atomic E-state index is 5.72. The minimum atomic E-state index is 0. The molecule has 0 radical (unpaired) electrons. The third-order valence-electron chi connectivity index (χ3n) is 4.56. The average Bonchev–Trinajstić information content (AvgIpc) is 3.24. The van der Waals surface area contributed by atoms with Gasteiger partial charge in [0.05, 0.1) is 19.8 Å². The molecule has 0 amide bonds. The molecule has 1 atom stereocenters. The maximum Gasteiger partial charge on any atom is 0.191 e. The van der Waals surface area contributed by atoms with Gasteiger partial charge >= 0.3 is 0 Å². The molecule has 29 heavy (non-hydrogen) atoms. The van der Waals surface area contributed by atoms with Crippen molar-refractivity contribution in [1.29, 1.82) is 0 Å². The second kappa shape index (κ2) is 17.9. The van der Waals surface area contributed by atoms with E-state index in [2.05, 4.69) is 34.7 Å². The second-order valence-corrected chi connectivity index (χ2v) is 7.09. The van der Waals surface area contributed by atoms with Gasteiger partial charge in [0.1, 0.15) is 0 Å². The number of nitrogens with one attached hydrogen (secondary N) is 2. The quantitative estimate of drug-likeness (QED) is 0.170. The summed E-state index contributed by atoms with van der Waals surface area (Å²) in [6.45, 7) is 9.41. The number of ether oxygens (including phenoxy) is 3. The standard InChI is InChI=1S/C22H37N3O3.HI/c1-2-23-22(25-13-8-15-27-18-21-11-16-28-19-21)24-12-6-7-14-26-17-20-9-4-3-5-10-20;/h3-5,9-10,21H,2,6-8,11-19H2,1H3,(H2,23,24,25);1H. The van der Waals surface area contributed by atoms with Crippen LogP contribution < -0.4 is 10.6 Å². The van der Waals surface area contributed by atoms with Crippen molar-refractivity contribution in [1.82, 2.24) is 10.6 Å². The van der Waals surface area contributed by atoms with E-state index < -0.39 is 0 Å². The van der Waals surface area contributed by atoms with Crippen LogP contribution in [0.15, 0.2) is 35.3 Å². The Morgan fingerprint density at radius 1 is 1.10 bits per heavy atom. The van der Waals surface area contributed by atoms with Crippen LogP contribution in [0.1, 0.15) is 38.2 Å². The Bertz CT molecular complexity index is 525. The van der Waals surface area contributed by atoms with Crippen molar-refractivity contribution in [2.75, 3.05) is 52.7 Å². The lowest BCUT2D eigenvalue weighted by atomic mass is 10.1. The fraction of sp³-hybridized carbons (Fsp3) is 0.682. The van der Waals surface area contributed by atoms with Crippen LogP contribution in [-0.4, -0.2) is 58.6 Å². The van der Waals surface area contributed by atoms with E-state index in [0.29, 0.717) is 12.5 Å². The van der Waals surface area contributed by atoms with Gasteiger partial charge in [-0.25, -0.2) is 0 Å². The van der Waals surface area contributed by atoms with Gasteiger partial charge in [0.15, 0.2) is 5.96 Å². The highest BCUT2D eigenvalue weighted by Crippen LogP contribution is 2.12. The summed E-state index contributed by atoms with van der Waals surface area (Å²) in [4.78, 5) is 4.61. The monoisotopic (exact) mass is 519 g/mol. The highest BCUT2D eigenvalue weighted by Gasteiger charge is 2.15. The molecule has 0 bridgehead atoms. The number of hydrogen-bond acceptors (Lipinski definition) is 4. The summed E-state index contributed by atoms with van der Waals surface area (Å²) >= 11 is 0. The van der Waals surface area contributed by atoms with Crippen LogP contribution in [-0.2, 0) is 20.8 Å². The molecule has 1 aromatic carbocycles. The molecule has 1 aliphatic rings. The summed E-state index contributed by atoms with van der Waals surface area (Å²) in [5, 5.41) is 6.68. The Balaban J connectivity index is 0.00000420. The van der Waals surface area contributed by atoms with E-state index in [4.69, 9.17) is 14.2 Å². The number of benzene rings is 1. The van der Waals surface area contributed by atoms with E-state index in [1.807, 2.05) is 18.2 Å². The SMILES string of the molecule is CCNC(=NCCCOCC1CCOC1)NCCCCOCc1ccccc1.I. The molecule has 1 aromatic rings. The van der Waals surface area contributed by atoms with Gasteiger partial charge < -0.3 is 24.8 Å². The van der Waals surface area contributed by atoms with E-state index in [9.17, 15) is 0 Å². The van der Waals surface area contributed by atoms with Gasteiger partial charge in [-0.2, -0.15) is 0 Å². The van der Waals surface area contributed by atoms with Gasteiger partial charge in [0, 0.05) is 45.4 Å². The van der Waals surface area contributed by atoms with E-state index in [-0.39, 0.29) is 24.0 Å². The van der Waals surface area contributed by atoms with Crippen molar-refractivity contribution in [3.63, 3.8) is 0 Å². The zero-order chi connectivity index (χ0) is 19.7. The number of guanidine groups is 1. The van der Waals surface area contributed by atoms with Crippen LogP contribution in [0.4, 0.5) is 0 Å². The number of aliphatic imine (C=N–C) groups is 1. The maximum atomic E-state index is 5.72. The largest absolute Gasteiger partial charge is 0.381 e. The summed E-state index contributed by atoms with van der Waals surface area (Å²) < 4.78 is 16.8. The summed E-state index contributed by atoms with van der Waals surface area (Å²) in [7, 11) is 0. The Morgan fingerprint density at radius 3 is 2.69 bits per heavy atom. The summed E-state index contributed by atoms with van der Waals surface area (Å²) in [5.74, 6) is 1.47. The Morgan fingerprint density at radius 2 is 1.93 bits per heavy atom. The molecule has 6 nitrogen and oxygen atoms in total. The predicted molar refractivity (Wildman–Crippen MR) is 129 cm³/mol. The van der Waals surface area contributed by atoms with Crippen LogP contribution in [0.5, 0.6) is 0 Å². The normalized spacial score (nSPS) is 16.4. The van der Waals surface area contributed by atoms with Crippen LogP contribution in [0.3, 0.4) is 0 Å². The third-order valence-corrected chi connectivity index (χ3v) is 4.56. The number of rotatable bonds is 14. The van der Waals surface area contributed by atoms with Crippen molar-refractivity contribution >= 4 is 29.9 Å². The summed E-state index contributed by atoms with van der Waals surface area (Å²) in [6, 6.07) is 10.3. The van der Waals surface area contributed by atoms with Gasteiger partial charge in [-0.1, -0.05) is 30.3 Å². The molecule has 0 saturated carbocycles. The van der Waals surface area contributed by atoms with Crippen molar-refractivity contribution in [2.45, 2.75) is 39.2 Å². The highest BCUT2D eigenvalue weighted by atomic mass is 127. The zero-order valence-electron chi connectivity index (χ0n) is 17.7. The van der Waals surface area contributed by atoms with E-state index >= 15 is 0 Å². The van der Waals surface area contributed by atoms with E-state index in [1.165, 1.54) is 5.56 Å². The smallest absolute Gasteiger partial charge is 0.191 e. The number of nitrogens with zero attached hydrogens (tertiary/aromatic N) is 1.